The smallest absolute Gasteiger partial charge is 0.352 e. The summed E-state index contributed by atoms with van der Waals surface area (Å²) in [5, 5.41) is 28.3. The quantitative estimate of drug-likeness (QED) is 0.321. The number of phenolic OH excluding ortho intramolecular Hbond substituents is 2. The van der Waals surface area contributed by atoms with Crippen LogP contribution in [-0.4, -0.2) is 61.7 Å². The maximum absolute atomic E-state index is 12.8. The highest BCUT2D eigenvalue weighted by atomic mass is 32.2. The van der Waals surface area contributed by atoms with Crippen LogP contribution in [0, 0.1) is 0 Å². The Kier molecular flexibility index (Phi) is 4.31. The van der Waals surface area contributed by atoms with Crippen molar-refractivity contribution < 1.29 is 29.7 Å². The topological polar surface area (TPSA) is 144 Å². The third-order valence-electron chi connectivity index (χ3n) is 4.99. The minimum Gasteiger partial charge on any atom is -0.504 e. The molecule has 3 aliphatic rings. The van der Waals surface area contributed by atoms with E-state index in [0.717, 1.165) is 0 Å². The lowest BCUT2D eigenvalue weighted by molar-refractivity contribution is -0.147. The first-order valence-corrected chi connectivity index (χ1v) is 9.55. The van der Waals surface area contributed by atoms with Crippen LogP contribution in [0.4, 0.5) is 5.69 Å². The number of nitrogens with zero attached hydrogens (tertiary/aromatic N) is 2. The Labute approximate surface area is 163 Å². The minimum absolute atomic E-state index is 0.128. The van der Waals surface area contributed by atoms with Gasteiger partial charge in [-0.2, -0.15) is 0 Å². The Balaban J connectivity index is 1.65. The summed E-state index contributed by atoms with van der Waals surface area (Å²) in [6.07, 6.45) is 1.92. The number of nitrogens with two attached hydrogens (primary N) is 1. The van der Waals surface area contributed by atoms with Gasteiger partial charge in [0.2, 0.25) is 5.91 Å². The number of fused-ring (bicyclic) bond motifs is 1. The second kappa shape index (κ2) is 6.57. The Bertz CT molecular complexity index is 972. The number of aliphatic carboxylic acids is 1. The third kappa shape index (κ3) is 2.72. The molecule has 9 nitrogen and oxygen atoms in total. The van der Waals surface area contributed by atoms with Crippen LogP contribution in [0.3, 0.4) is 0 Å². The summed E-state index contributed by atoms with van der Waals surface area (Å²) >= 11 is 1.37. The predicted octanol–water partition coefficient (Wildman–Crippen LogP) is 0.342. The number of hydrogen-bond acceptors (Lipinski definition) is 7. The van der Waals surface area contributed by atoms with E-state index >= 15 is 0 Å². The normalized spacial score (nSPS) is 26.0. The molecule has 1 aromatic rings. The molecule has 0 unspecified atom stereocenters. The van der Waals surface area contributed by atoms with Gasteiger partial charge in [-0.25, -0.2) is 4.79 Å². The number of carboxylic acid groups (broad SMARTS) is 1. The van der Waals surface area contributed by atoms with Gasteiger partial charge in [0.25, 0.3) is 5.91 Å². The van der Waals surface area contributed by atoms with Gasteiger partial charge < -0.3 is 26.0 Å². The molecule has 2 saturated heterocycles. The van der Waals surface area contributed by atoms with Gasteiger partial charge in [-0.05, 0) is 30.2 Å². The van der Waals surface area contributed by atoms with Crippen LogP contribution < -0.4 is 10.6 Å². The monoisotopic (exact) mass is 403 g/mol. The second-order valence-electron chi connectivity index (χ2n) is 6.66. The van der Waals surface area contributed by atoms with Crippen molar-refractivity contribution in [2.75, 3.05) is 17.2 Å². The van der Waals surface area contributed by atoms with E-state index in [4.69, 9.17) is 5.73 Å². The summed E-state index contributed by atoms with van der Waals surface area (Å²) in [7, 11) is 0. The molecule has 4 rings (SSSR count). The van der Waals surface area contributed by atoms with Crippen LogP contribution in [0.25, 0.3) is 0 Å². The summed E-state index contributed by atoms with van der Waals surface area (Å²) < 4.78 is 0. The molecule has 1 aromatic carbocycles. The van der Waals surface area contributed by atoms with E-state index in [1.165, 1.54) is 45.8 Å². The van der Waals surface area contributed by atoms with Crippen molar-refractivity contribution in [1.82, 2.24) is 4.90 Å². The number of aromatic hydroxyl groups is 2. The largest absolute Gasteiger partial charge is 0.504 e. The van der Waals surface area contributed by atoms with Crippen LogP contribution in [0.5, 0.6) is 11.5 Å². The number of phenols is 2. The van der Waals surface area contributed by atoms with Crippen molar-refractivity contribution in [2.45, 2.75) is 17.8 Å². The van der Waals surface area contributed by atoms with E-state index < -0.39 is 23.3 Å². The molecule has 146 valence electrons. The van der Waals surface area contributed by atoms with Gasteiger partial charge in [0.15, 0.2) is 11.5 Å². The molecule has 10 heteroatoms. The van der Waals surface area contributed by atoms with Gasteiger partial charge in [-0.1, -0.05) is 0 Å². The summed E-state index contributed by atoms with van der Waals surface area (Å²) in [5.74, 6) is -2.27. The summed E-state index contributed by atoms with van der Waals surface area (Å²) in [4.78, 5) is 39.1. The number of carboxylic acids is 1. The fourth-order valence-electron chi connectivity index (χ4n) is 3.54. The van der Waals surface area contributed by atoms with Gasteiger partial charge in [0.1, 0.15) is 17.1 Å². The minimum atomic E-state index is -1.23. The van der Waals surface area contributed by atoms with Crippen molar-refractivity contribution in [3.63, 3.8) is 0 Å². The number of hydrogen-bond donors (Lipinski definition) is 4. The molecular formula is C18H17N3O6S. The zero-order valence-corrected chi connectivity index (χ0v) is 15.3. The first kappa shape index (κ1) is 18.4. The highest BCUT2D eigenvalue weighted by Crippen LogP contribution is 2.40. The molecule has 3 aliphatic heterocycles. The third-order valence-corrected chi connectivity index (χ3v) is 6.31. The number of amides is 2. The Morgan fingerprint density at radius 1 is 1.25 bits per heavy atom. The second-order valence-corrected chi connectivity index (χ2v) is 7.77. The summed E-state index contributed by atoms with van der Waals surface area (Å²) in [6, 6.07) is 3.39. The number of thioether (sulfide) groups is 1. The number of rotatable bonds is 3. The molecule has 0 saturated carbocycles. The number of anilines is 1. The average molecular weight is 403 g/mol. The molecule has 2 amide bonds. The molecule has 3 heterocycles. The van der Waals surface area contributed by atoms with Crippen molar-refractivity contribution in [1.29, 1.82) is 0 Å². The summed E-state index contributed by atoms with van der Waals surface area (Å²) in [5.41, 5.74) is 6.84. The number of benzene rings is 1. The van der Waals surface area contributed by atoms with Gasteiger partial charge in [-0.3, -0.25) is 14.5 Å². The lowest BCUT2D eigenvalue weighted by atomic mass is 10.0. The van der Waals surface area contributed by atoms with Crippen molar-refractivity contribution in [3.05, 3.63) is 41.1 Å². The molecule has 0 aromatic heterocycles. The molecule has 0 bridgehead atoms. The number of β-lactam (4-membered cyclic amide) rings is 1. The van der Waals surface area contributed by atoms with Crippen LogP contribution in [0.2, 0.25) is 0 Å². The molecule has 0 radical (unpaired) electrons. The molecule has 2 fully saturated rings. The maximum atomic E-state index is 12.8. The fourth-order valence-corrected chi connectivity index (χ4v) is 4.79. The van der Waals surface area contributed by atoms with E-state index in [1.54, 1.807) is 0 Å². The zero-order chi connectivity index (χ0) is 20.2. The standard InChI is InChI=1S/C18H17N3O6S/c19-13-16(25)21-14(18(26)27)9(7-28-17(13)21)5-8-3-4-20(15(8)24)10-1-2-11(22)12(23)6-10/h1-2,5-6,13,17,22-23H,3-4,7,19H2,(H,26,27)/b8-5+/t13-,17-/m1/s1. The molecule has 2 atom stereocenters. The highest BCUT2D eigenvalue weighted by molar-refractivity contribution is 8.00. The van der Waals surface area contributed by atoms with Crippen LogP contribution in [0.1, 0.15) is 6.42 Å². The molecule has 0 spiro atoms. The lowest BCUT2D eigenvalue weighted by Crippen LogP contribution is -2.68. The fraction of sp³-hybridized carbons (Fsp3) is 0.278. The van der Waals surface area contributed by atoms with Gasteiger partial charge in [0.05, 0.1) is 0 Å². The van der Waals surface area contributed by atoms with Crippen LogP contribution in [0.15, 0.2) is 41.1 Å². The van der Waals surface area contributed by atoms with Crippen LogP contribution in [-0.2, 0) is 14.4 Å². The van der Waals surface area contributed by atoms with Gasteiger partial charge in [0, 0.05) is 29.6 Å². The van der Waals surface area contributed by atoms with E-state index in [0.29, 0.717) is 35.6 Å². The first-order chi connectivity index (χ1) is 13.3. The van der Waals surface area contributed by atoms with E-state index in [1.807, 2.05) is 0 Å². The number of carbonyl (C=O) groups excluding carboxylic acids is 2. The number of allylic oxidation sites excluding steroid dienone is 1. The van der Waals surface area contributed by atoms with Crippen molar-refractivity contribution in [2.24, 2.45) is 5.73 Å². The van der Waals surface area contributed by atoms with Gasteiger partial charge >= 0.3 is 5.97 Å². The van der Waals surface area contributed by atoms with Crippen molar-refractivity contribution >= 4 is 35.2 Å². The lowest BCUT2D eigenvalue weighted by Gasteiger charge is -2.47. The molecule has 0 aliphatic carbocycles. The average Bonchev–Trinajstić information content (AvgIpc) is 3.03. The van der Waals surface area contributed by atoms with Crippen molar-refractivity contribution in [3.8, 4) is 11.5 Å². The van der Waals surface area contributed by atoms with Crippen LogP contribution >= 0.6 is 11.8 Å². The van der Waals surface area contributed by atoms with Gasteiger partial charge in [-0.15, -0.1) is 11.8 Å². The number of carbonyl (C=O) groups is 3. The first-order valence-electron chi connectivity index (χ1n) is 8.50. The SMILES string of the molecule is N[C@@H]1C(=O)N2C(C(=O)O)=C(/C=C3\CCN(c4ccc(O)c(O)c4)C3=O)CS[C@H]12. The van der Waals surface area contributed by atoms with E-state index in [2.05, 4.69) is 0 Å². The predicted molar refractivity (Wildman–Crippen MR) is 101 cm³/mol. The maximum Gasteiger partial charge on any atom is 0.352 e. The summed E-state index contributed by atoms with van der Waals surface area (Å²) in [6.45, 7) is 0.355. The highest BCUT2D eigenvalue weighted by Gasteiger charge is 2.51. The molecule has 5 N–H and O–H groups in total. The van der Waals surface area contributed by atoms with E-state index in [-0.39, 0.29) is 23.1 Å². The molecular weight excluding hydrogens is 386 g/mol. The Hall–Kier alpha value is -2.98. The van der Waals surface area contributed by atoms with E-state index in [9.17, 15) is 29.7 Å². The zero-order valence-electron chi connectivity index (χ0n) is 14.5. The Morgan fingerprint density at radius 3 is 2.68 bits per heavy atom. The molecule has 28 heavy (non-hydrogen) atoms. The Morgan fingerprint density at radius 2 is 2.00 bits per heavy atom.